The number of nitrogens with one attached hydrogen (secondary N) is 1. The van der Waals surface area contributed by atoms with E-state index >= 15 is 0 Å². The largest absolute Gasteiger partial charge is 0.496 e. The van der Waals surface area contributed by atoms with E-state index < -0.39 is 11.0 Å². The Bertz CT molecular complexity index is 421. The summed E-state index contributed by atoms with van der Waals surface area (Å²) in [5.41, 5.74) is 0.511. The summed E-state index contributed by atoms with van der Waals surface area (Å²) in [7, 11) is 1.45. The van der Waals surface area contributed by atoms with Gasteiger partial charge in [-0.3, -0.25) is 10.1 Å². The Morgan fingerprint density at radius 3 is 2.61 bits per heavy atom. The van der Waals surface area contributed by atoms with Crippen molar-refractivity contribution in [1.82, 2.24) is 0 Å². The number of anilines is 1. The van der Waals surface area contributed by atoms with E-state index in [1.165, 1.54) is 19.2 Å². The molecule has 0 aliphatic carbocycles. The smallest absolute Gasteiger partial charge is 0.275 e. The summed E-state index contributed by atoms with van der Waals surface area (Å²) in [4.78, 5) is 10.3. The fraction of sp³-hybridized carbons (Fsp3) is 0.500. The van der Waals surface area contributed by atoms with E-state index in [0.29, 0.717) is 18.0 Å². The number of aliphatic hydroxyl groups is 1. The molecule has 1 aromatic carbocycles. The number of nitro groups is 1. The third-order valence-electron chi connectivity index (χ3n) is 2.62. The average Bonchev–Trinajstić information content (AvgIpc) is 2.35. The van der Waals surface area contributed by atoms with Gasteiger partial charge in [-0.1, -0.05) is 13.8 Å². The highest BCUT2D eigenvalue weighted by Crippen LogP contribution is 2.25. The van der Waals surface area contributed by atoms with Crippen LogP contribution in [0.1, 0.15) is 13.8 Å². The molecule has 0 fully saturated rings. The number of hydrogen-bond acceptors (Lipinski definition) is 5. The van der Waals surface area contributed by atoms with Gasteiger partial charge in [-0.05, 0) is 5.92 Å². The Morgan fingerprint density at radius 1 is 1.44 bits per heavy atom. The van der Waals surface area contributed by atoms with E-state index in [1.54, 1.807) is 6.07 Å². The number of nitrogens with zero attached hydrogens (tertiary/aromatic N) is 1. The Kier molecular flexibility index (Phi) is 4.91. The molecular weight excluding hydrogens is 236 g/mol. The van der Waals surface area contributed by atoms with Gasteiger partial charge >= 0.3 is 0 Å². The molecule has 100 valence electrons. The van der Waals surface area contributed by atoms with Gasteiger partial charge in [-0.25, -0.2) is 0 Å². The topological polar surface area (TPSA) is 84.6 Å². The van der Waals surface area contributed by atoms with Crippen molar-refractivity contribution in [2.24, 2.45) is 5.92 Å². The number of rotatable bonds is 6. The maximum Gasteiger partial charge on any atom is 0.275 e. The zero-order chi connectivity index (χ0) is 13.7. The van der Waals surface area contributed by atoms with Crippen molar-refractivity contribution in [3.8, 4) is 5.75 Å². The highest BCUT2D eigenvalue weighted by Gasteiger charge is 2.12. The molecule has 1 unspecified atom stereocenters. The predicted molar refractivity (Wildman–Crippen MR) is 69.0 cm³/mol. The number of methoxy groups -OCH3 is 1. The van der Waals surface area contributed by atoms with Crippen LogP contribution in [-0.4, -0.2) is 29.8 Å². The normalized spacial score (nSPS) is 12.3. The minimum absolute atomic E-state index is 0.0455. The predicted octanol–water partition coefficient (Wildman–Crippen LogP) is 2.03. The van der Waals surface area contributed by atoms with Gasteiger partial charge in [0, 0.05) is 24.4 Å². The lowest BCUT2D eigenvalue weighted by molar-refractivity contribution is -0.384. The summed E-state index contributed by atoms with van der Waals surface area (Å²) in [5.74, 6) is 0.531. The van der Waals surface area contributed by atoms with Crippen LogP contribution in [-0.2, 0) is 0 Å². The Hall–Kier alpha value is -1.82. The van der Waals surface area contributed by atoms with Crippen LogP contribution < -0.4 is 10.1 Å². The molecule has 6 nitrogen and oxygen atoms in total. The van der Waals surface area contributed by atoms with Gasteiger partial charge in [0.15, 0.2) is 0 Å². The summed E-state index contributed by atoms with van der Waals surface area (Å²) >= 11 is 0. The van der Waals surface area contributed by atoms with E-state index in [9.17, 15) is 15.2 Å². The van der Waals surface area contributed by atoms with Crippen LogP contribution in [0.4, 0.5) is 11.4 Å². The maximum absolute atomic E-state index is 10.7. The van der Waals surface area contributed by atoms with Crippen molar-refractivity contribution in [3.05, 3.63) is 28.3 Å². The summed E-state index contributed by atoms with van der Waals surface area (Å²) in [6.45, 7) is 4.14. The summed E-state index contributed by atoms with van der Waals surface area (Å²) in [6.07, 6.45) is -0.504. The van der Waals surface area contributed by atoms with Crippen LogP contribution in [0.25, 0.3) is 0 Å². The first-order chi connectivity index (χ1) is 8.43. The Morgan fingerprint density at radius 2 is 2.11 bits per heavy atom. The molecule has 6 heteroatoms. The summed E-state index contributed by atoms with van der Waals surface area (Å²) < 4.78 is 4.99. The molecular formula is C12H18N2O4. The molecule has 0 aliphatic heterocycles. The van der Waals surface area contributed by atoms with Crippen molar-refractivity contribution >= 4 is 11.4 Å². The van der Waals surface area contributed by atoms with Crippen molar-refractivity contribution in [1.29, 1.82) is 0 Å². The number of ether oxygens (including phenoxy) is 1. The zero-order valence-corrected chi connectivity index (χ0v) is 10.7. The number of aliphatic hydroxyl groups excluding tert-OH is 1. The molecule has 0 bridgehead atoms. The maximum atomic E-state index is 10.7. The number of non-ortho nitro benzene ring substituents is 1. The molecule has 1 atom stereocenters. The molecule has 1 rings (SSSR count). The monoisotopic (exact) mass is 254 g/mol. The third-order valence-corrected chi connectivity index (χ3v) is 2.62. The minimum Gasteiger partial charge on any atom is -0.496 e. The van der Waals surface area contributed by atoms with Crippen LogP contribution in [0.5, 0.6) is 5.75 Å². The van der Waals surface area contributed by atoms with Gasteiger partial charge in [0.25, 0.3) is 5.69 Å². The molecule has 0 aromatic heterocycles. The number of hydrogen-bond donors (Lipinski definition) is 2. The lowest BCUT2D eigenvalue weighted by atomic mass is 10.1. The van der Waals surface area contributed by atoms with Crippen molar-refractivity contribution in [2.75, 3.05) is 19.0 Å². The van der Waals surface area contributed by atoms with Crippen LogP contribution in [0, 0.1) is 16.0 Å². The third kappa shape index (κ3) is 3.89. The van der Waals surface area contributed by atoms with Gasteiger partial charge in [-0.15, -0.1) is 0 Å². The lowest BCUT2D eigenvalue weighted by Crippen LogP contribution is -2.24. The molecule has 1 aromatic rings. The van der Waals surface area contributed by atoms with Crippen LogP contribution in [0.2, 0.25) is 0 Å². The van der Waals surface area contributed by atoms with E-state index in [2.05, 4.69) is 5.32 Å². The summed E-state index contributed by atoms with van der Waals surface area (Å²) in [6, 6.07) is 4.42. The van der Waals surface area contributed by atoms with Crippen molar-refractivity contribution in [3.63, 3.8) is 0 Å². The molecule has 0 aliphatic rings. The van der Waals surface area contributed by atoms with Crippen molar-refractivity contribution < 1.29 is 14.8 Å². The Labute approximate surface area is 106 Å². The Balaban J connectivity index is 2.81. The van der Waals surface area contributed by atoms with E-state index in [4.69, 9.17) is 4.74 Å². The molecule has 0 spiro atoms. The molecule has 2 N–H and O–H groups in total. The van der Waals surface area contributed by atoms with Gasteiger partial charge in [0.05, 0.1) is 24.2 Å². The number of nitro benzene ring substituents is 1. The van der Waals surface area contributed by atoms with Gasteiger partial charge < -0.3 is 15.2 Å². The fourth-order valence-corrected chi connectivity index (χ4v) is 1.37. The second-order valence-corrected chi connectivity index (χ2v) is 4.37. The first-order valence-corrected chi connectivity index (χ1v) is 5.69. The zero-order valence-electron chi connectivity index (χ0n) is 10.7. The molecule has 0 saturated carbocycles. The fourth-order valence-electron chi connectivity index (χ4n) is 1.37. The van der Waals surface area contributed by atoms with E-state index in [0.717, 1.165) is 0 Å². The number of benzene rings is 1. The first kappa shape index (κ1) is 14.2. The SMILES string of the molecule is COc1cc(NCC(O)C(C)C)cc([N+](=O)[O-])c1. The average molecular weight is 254 g/mol. The van der Waals surface area contributed by atoms with E-state index in [-0.39, 0.29) is 11.6 Å². The molecule has 0 heterocycles. The van der Waals surface area contributed by atoms with Crippen LogP contribution >= 0.6 is 0 Å². The molecule has 0 radical (unpaired) electrons. The van der Waals surface area contributed by atoms with Crippen LogP contribution in [0.15, 0.2) is 18.2 Å². The van der Waals surface area contributed by atoms with Crippen molar-refractivity contribution in [2.45, 2.75) is 20.0 Å². The standard InChI is InChI=1S/C12H18N2O4/c1-8(2)12(15)7-13-9-4-10(14(16)17)6-11(5-9)18-3/h4-6,8,12-13,15H,7H2,1-3H3. The van der Waals surface area contributed by atoms with Gasteiger partial charge in [-0.2, -0.15) is 0 Å². The highest BCUT2D eigenvalue weighted by atomic mass is 16.6. The second-order valence-electron chi connectivity index (χ2n) is 4.37. The van der Waals surface area contributed by atoms with Crippen LogP contribution in [0.3, 0.4) is 0 Å². The first-order valence-electron chi connectivity index (χ1n) is 5.69. The second kappa shape index (κ2) is 6.20. The van der Waals surface area contributed by atoms with Gasteiger partial charge in [0.1, 0.15) is 5.75 Å². The highest BCUT2D eigenvalue weighted by molar-refractivity contribution is 5.56. The molecule has 18 heavy (non-hydrogen) atoms. The van der Waals surface area contributed by atoms with E-state index in [1.807, 2.05) is 13.8 Å². The lowest BCUT2D eigenvalue weighted by Gasteiger charge is -2.16. The molecule has 0 amide bonds. The van der Waals surface area contributed by atoms with Gasteiger partial charge in [0.2, 0.25) is 0 Å². The summed E-state index contributed by atoms with van der Waals surface area (Å²) in [5, 5.41) is 23.4. The minimum atomic E-state index is -0.504. The quantitative estimate of drug-likeness (QED) is 0.599. The molecule has 0 saturated heterocycles.